The summed E-state index contributed by atoms with van der Waals surface area (Å²) in [5, 5.41) is 2.75. The molecule has 1 N–H and O–H groups in total. The van der Waals surface area contributed by atoms with E-state index in [-0.39, 0.29) is 23.6 Å². The van der Waals surface area contributed by atoms with Crippen molar-refractivity contribution < 1.29 is 14.4 Å². The highest BCUT2D eigenvalue weighted by Gasteiger charge is 2.30. The molecule has 118 valence electrons. The van der Waals surface area contributed by atoms with Gasteiger partial charge in [-0.25, -0.2) is 0 Å². The van der Waals surface area contributed by atoms with Gasteiger partial charge in [0.15, 0.2) is 0 Å². The topological polar surface area (TPSA) is 73.0 Å². The van der Waals surface area contributed by atoms with E-state index in [9.17, 15) is 14.4 Å². The molecule has 2 fully saturated rings. The van der Waals surface area contributed by atoms with E-state index in [0.29, 0.717) is 39.0 Å². The van der Waals surface area contributed by atoms with Crippen molar-refractivity contribution in [3.8, 4) is 0 Å². The highest BCUT2D eigenvalue weighted by molar-refractivity contribution is 5.84. The zero-order valence-corrected chi connectivity index (χ0v) is 12.8. The maximum Gasteiger partial charge on any atom is 0.236 e. The van der Waals surface area contributed by atoms with Crippen LogP contribution in [0.3, 0.4) is 0 Å². The van der Waals surface area contributed by atoms with E-state index in [0.717, 1.165) is 13.1 Å². The number of carbonyl (C=O) groups is 3. The minimum absolute atomic E-state index is 0.0334. The van der Waals surface area contributed by atoms with Crippen molar-refractivity contribution in [2.45, 2.75) is 12.8 Å². The average Bonchev–Trinajstić information content (AvgIpc) is 2.48. The van der Waals surface area contributed by atoms with Crippen LogP contribution in [0.4, 0.5) is 0 Å². The van der Waals surface area contributed by atoms with Gasteiger partial charge in [-0.3, -0.25) is 19.3 Å². The second-order valence-corrected chi connectivity index (χ2v) is 5.93. The van der Waals surface area contributed by atoms with Gasteiger partial charge in [-0.1, -0.05) is 0 Å². The molecule has 2 saturated heterocycles. The lowest BCUT2D eigenvalue weighted by atomic mass is 9.97. The smallest absolute Gasteiger partial charge is 0.236 e. The molecule has 0 aromatic rings. The summed E-state index contributed by atoms with van der Waals surface area (Å²) < 4.78 is 0. The van der Waals surface area contributed by atoms with Crippen LogP contribution < -0.4 is 5.32 Å². The molecule has 1 atom stereocenters. The number of nitrogens with zero attached hydrogens (tertiary/aromatic N) is 3. The minimum Gasteiger partial charge on any atom is -0.355 e. The lowest BCUT2D eigenvalue weighted by Crippen LogP contribution is -2.53. The third-order valence-electron chi connectivity index (χ3n) is 4.16. The molecule has 7 nitrogen and oxygen atoms in total. The second-order valence-electron chi connectivity index (χ2n) is 5.93. The van der Waals surface area contributed by atoms with Gasteiger partial charge in [0.25, 0.3) is 0 Å². The number of nitrogens with one attached hydrogen (secondary N) is 1. The Morgan fingerprint density at radius 2 is 1.90 bits per heavy atom. The molecule has 2 rings (SSSR count). The van der Waals surface area contributed by atoms with E-state index in [2.05, 4.69) is 10.2 Å². The van der Waals surface area contributed by atoms with Gasteiger partial charge in [-0.15, -0.1) is 0 Å². The Balaban J connectivity index is 1.77. The molecule has 2 aliphatic rings. The van der Waals surface area contributed by atoms with Gasteiger partial charge in [0.2, 0.25) is 17.7 Å². The van der Waals surface area contributed by atoms with Crippen molar-refractivity contribution in [3.63, 3.8) is 0 Å². The van der Waals surface area contributed by atoms with Crippen LogP contribution >= 0.6 is 0 Å². The Morgan fingerprint density at radius 3 is 2.43 bits per heavy atom. The molecule has 0 bridgehead atoms. The van der Waals surface area contributed by atoms with Crippen LogP contribution in [0.5, 0.6) is 0 Å². The first-order chi connectivity index (χ1) is 9.97. The van der Waals surface area contributed by atoms with E-state index in [1.165, 1.54) is 0 Å². The van der Waals surface area contributed by atoms with Crippen molar-refractivity contribution in [1.82, 2.24) is 20.0 Å². The standard InChI is InChI=1S/C14H24N4O3/c1-16(2)13(20)10-17-5-7-18(8-6-17)14(21)11-3-4-12(19)15-9-11/h11H,3-10H2,1-2H3,(H,15,19). The summed E-state index contributed by atoms with van der Waals surface area (Å²) in [6.45, 7) is 3.63. The molecule has 0 aromatic heterocycles. The summed E-state index contributed by atoms with van der Waals surface area (Å²) in [5.74, 6) is 0.169. The highest BCUT2D eigenvalue weighted by Crippen LogP contribution is 2.15. The summed E-state index contributed by atoms with van der Waals surface area (Å²) in [6, 6.07) is 0. The van der Waals surface area contributed by atoms with Crippen molar-refractivity contribution >= 4 is 17.7 Å². The van der Waals surface area contributed by atoms with Gasteiger partial charge in [0, 0.05) is 53.2 Å². The van der Waals surface area contributed by atoms with Crippen LogP contribution in [0, 0.1) is 5.92 Å². The number of amides is 3. The Hall–Kier alpha value is -1.63. The number of piperazine rings is 1. The molecule has 21 heavy (non-hydrogen) atoms. The van der Waals surface area contributed by atoms with Crippen molar-refractivity contribution in [1.29, 1.82) is 0 Å². The third kappa shape index (κ3) is 4.17. The molecule has 0 aromatic carbocycles. The predicted molar refractivity (Wildman–Crippen MR) is 77.4 cm³/mol. The molecular formula is C14H24N4O3. The minimum atomic E-state index is -0.0855. The fraction of sp³-hybridized carbons (Fsp3) is 0.786. The van der Waals surface area contributed by atoms with Gasteiger partial charge in [-0.05, 0) is 6.42 Å². The molecule has 2 heterocycles. The molecule has 0 radical (unpaired) electrons. The van der Waals surface area contributed by atoms with Crippen LogP contribution in [-0.2, 0) is 14.4 Å². The molecule has 2 aliphatic heterocycles. The molecular weight excluding hydrogens is 272 g/mol. The van der Waals surface area contributed by atoms with Gasteiger partial charge < -0.3 is 15.1 Å². The van der Waals surface area contributed by atoms with E-state index >= 15 is 0 Å². The largest absolute Gasteiger partial charge is 0.355 e. The number of hydrogen-bond donors (Lipinski definition) is 1. The van der Waals surface area contributed by atoms with Gasteiger partial charge >= 0.3 is 0 Å². The Morgan fingerprint density at radius 1 is 1.24 bits per heavy atom. The van der Waals surface area contributed by atoms with Crippen molar-refractivity contribution in [2.24, 2.45) is 5.92 Å². The van der Waals surface area contributed by atoms with Crippen LogP contribution in [0.1, 0.15) is 12.8 Å². The van der Waals surface area contributed by atoms with Crippen LogP contribution in [0.15, 0.2) is 0 Å². The summed E-state index contributed by atoms with van der Waals surface area (Å²) in [6.07, 6.45) is 1.08. The number of rotatable bonds is 3. The van der Waals surface area contributed by atoms with Gasteiger partial charge in [0.1, 0.15) is 0 Å². The lowest BCUT2D eigenvalue weighted by Gasteiger charge is -2.37. The quantitative estimate of drug-likeness (QED) is 0.706. The van der Waals surface area contributed by atoms with Crippen LogP contribution in [-0.4, -0.2) is 85.8 Å². The van der Waals surface area contributed by atoms with E-state index in [4.69, 9.17) is 0 Å². The summed E-state index contributed by atoms with van der Waals surface area (Å²) >= 11 is 0. The molecule has 0 aliphatic carbocycles. The number of hydrogen-bond acceptors (Lipinski definition) is 4. The average molecular weight is 296 g/mol. The summed E-state index contributed by atoms with van der Waals surface area (Å²) in [4.78, 5) is 40.7. The Labute approximate surface area is 125 Å². The Bertz CT molecular complexity index is 406. The maximum atomic E-state index is 12.4. The van der Waals surface area contributed by atoms with Crippen molar-refractivity contribution in [2.75, 3.05) is 53.4 Å². The number of likely N-dealkylation sites (N-methyl/N-ethyl adjacent to an activating group) is 1. The zero-order valence-electron chi connectivity index (χ0n) is 12.8. The van der Waals surface area contributed by atoms with E-state index < -0.39 is 0 Å². The molecule has 0 saturated carbocycles. The predicted octanol–water partition coefficient (Wildman–Crippen LogP) is -1.25. The van der Waals surface area contributed by atoms with E-state index in [1.54, 1.807) is 19.0 Å². The molecule has 3 amide bonds. The van der Waals surface area contributed by atoms with Gasteiger partial charge in [-0.2, -0.15) is 0 Å². The summed E-state index contributed by atoms with van der Waals surface area (Å²) in [5.41, 5.74) is 0. The first-order valence-electron chi connectivity index (χ1n) is 7.45. The molecule has 0 spiro atoms. The SMILES string of the molecule is CN(C)C(=O)CN1CCN(C(=O)C2CCC(=O)NC2)CC1. The normalized spacial score (nSPS) is 23.6. The van der Waals surface area contributed by atoms with Gasteiger partial charge in [0.05, 0.1) is 12.5 Å². The van der Waals surface area contributed by atoms with E-state index in [1.807, 2.05) is 4.90 Å². The highest BCUT2D eigenvalue weighted by atomic mass is 16.2. The number of carbonyl (C=O) groups excluding carboxylic acids is 3. The molecule has 7 heteroatoms. The second kappa shape index (κ2) is 6.89. The first-order valence-corrected chi connectivity index (χ1v) is 7.45. The lowest BCUT2D eigenvalue weighted by molar-refractivity contribution is -0.139. The van der Waals surface area contributed by atoms with Crippen LogP contribution in [0.25, 0.3) is 0 Å². The number of piperidine rings is 1. The first kappa shape index (κ1) is 15.8. The monoisotopic (exact) mass is 296 g/mol. The molecule has 1 unspecified atom stereocenters. The third-order valence-corrected chi connectivity index (χ3v) is 4.16. The zero-order chi connectivity index (χ0) is 15.4. The maximum absolute atomic E-state index is 12.4. The van der Waals surface area contributed by atoms with Crippen molar-refractivity contribution in [3.05, 3.63) is 0 Å². The van der Waals surface area contributed by atoms with Crippen LogP contribution in [0.2, 0.25) is 0 Å². The Kier molecular flexibility index (Phi) is 5.17. The summed E-state index contributed by atoms with van der Waals surface area (Å²) in [7, 11) is 3.50. The fourth-order valence-corrected chi connectivity index (χ4v) is 2.66. The fourth-order valence-electron chi connectivity index (χ4n) is 2.66.